The van der Waals surface area contributed by atoms with Crippen LogP contribution in [0.3, 0.4) is 0 Å². The summed E-state index contributed by atoms with van der Waals surface area (Å²) < 4.78 is 0. The van der Waals surface area contributed by atoms with Gasteiger partial charge in [-0.1, -0.05) is 46.6 Å². The van der Waals surface area contributed by atoms with Gasteiger partial charge in [-0.25, -0.2) is 4.79 Å². The van der Waals surface area contributed by atoms with Crippen molar-refractivity contribution >= 4 is 34.9 Å². The fraction of sp³-hybridized carbons (Fsp3) is 0.348. The van der Waals surface area contributed by atoms with E-state index in [1.165, 1.54) is 5.56 Å². The molecule has 1 saturated heterocycles. The highest BCUT2D eigenvalue weighted by molar-refractivity contribution is 6.39. The molecule has 7 nitrogen and oxygen atoms in total. The number of halogens is 1. The van der Waals surface area contributed by atoms with Gasteiger partial charge in [-0.2, -0.15) is 0 Å². The Hall–Kier alpha value is -3.06. The van der Waals surface area contributed by atoms with Gasteiger partial charge >= 0.3 is 6.03 Å². The number of nitrogens with zero attached hydrogens (tertiary/aromatic N) is 2. The van der Waals surface area contributed by atoms with Crippen molar-refractivity contribution < 1.29 is 14.4 Å². The fourth-order valence-corrected chi connectivity index (χ4v) is 3.99. The van der Waals surface area contributed by atoms with E-state index >= 15 is 0 Å². The second kappa shape index (κ2) is 8.98. The largest absolute Gasteiger partial charge is 0.386 e. The normalized spacial score (nSPS) is 20.2. The zero-order chi connectivity index (χ0) is 21.8. The molecule has 1 atom stereocenters. The maximum Gasteiger partial charge on any atom is 0.321 e. The molecule has 2 aliphatic rings. The second-order valence-corrected chi connectivity index (χ2v) is 8.56. The van der Waals surface area contributed by atoms with Gasteiger partial charge < -0.3 is 20.4 Å². The van der Waals surface area contributed by atoms with Crippen molar-refractivity contribution in [3.8, 4) is 0 Å². The summed E-state index contributed by atoms with van der Waals surface area (Å²) in [7, 11) is 0. The van der Waals surface area contributed by atoms with Crippen LogP contribution in [-0.2, 0) is 16.2 Å². The third-order valence-electron chi connectivity index (χ3n) is 5.60. The SMILES string of the molecule is Cc1ccc(CNC(=O)C2=NO[C@]3(CCCN(C(=O)Nc4ccc(Cl)cc4)C3)C2)cc1. The van der Waals surface area contributed by atoms with Crippen molar-refractivity contribution in [1.29, 1.82) is 0 Å². The Morgan fingerprint density at radius 1 is 1.16 bits per heavy atom. The number of urea groups is 1. The van der Waals surface area contributed by atoms with Gasteiger partial charge in [0.25, 0.3) is 5.91 Å². The summed E-state index contributed by atoms with van der Waals surface area (Å²) in [5.41, 5.74) is 2.59. The summed E-state index contributed by atoms with van der Waals surface area (Å²) in [4.78, 5) is 32.7. The van der Waals surface area contributed by atoms with Crippen molar-refractivity contribution in [2.45, 2.75) is 38.3 Å². The smallest absolute Gasteiger partial charge is 0.321 e. The molecule has 31 heavy (non-hydrogen) atoms. The van der Waals surface area contributed by atoms with Gasteiger partial charge in [-0.05, 0) is 49.6 Å². The van der Waals surface area contributed by atoms with Crippen LogP contribution in [0.1, 0.15) is 30.4 Å². The highest BCUT2D eigenvalue weighted by atomic mass is 35.5. The molecule has 0 saturated carbocycles. The maximum absolute atomic E-state index is 12.7. The zero-order valence-electron chi connectivity index (χ0n) is 17.4. The first-order valence-corrected chi connectivity index (χ1v) is 10.7. The van der Waals surface area contributed by atoms with Crippen LogP contribution in [0.25, 0.3) is 0 Å². The van der Waals surface area contributed by atoms with E-state index in [4.69, 9.17) is 16.4 Å². The molecule has 0 aliphatic carbocycles. The average molecular weight is 441 g/mol. The summed E-state index contributed by atoms with van der Waals surface area (Å²) in [5.74, 6) is -0.236. The minimum Gasteiger partial charge on any atom is -0.386 e. The van der Waals surface area contributed by atoms with Crippen LogP contribution < -0.4 is 10.6 Å². The molecule has 0 bridgehead atoms. The van der Waals surface area contributed by atoms with E-state index in [1.54, 1.807) is 29.2 Å². The highest BCUT2D eigenvalue weighted by Gasteiger charge is 2.45. The number of hydrogen-bond acceptors (Lipinski definition) is 4. The fourth-order valence-electron chi connectivity index (χ4n) is 3.86. The Kier molecular flexibility index (Phi) is 6.13. The lowest BCUT2D eigenvalue weighted by molar-refractivity contribution is -0.115. The lowest BCUT2D eigenvalue weighted by Crippen LogP contribution is -2.52. The Labute approximate surface area is 186 Å². The molecule has 2 aliphatic heterocycles. The number of amides is 3. The monoisotopic (exact) mass is 440 g/mol. The summed E-state index contributed by atoms with van der Waals surface area (Å²) in [6, 6.07) is 14.8. The van der Waals surface area contributed by atoms with Gasteiger partial charge in [0.1, 0.15) is 5.71 Å². The number of aryl methyl sites for hydroxylation is 1. The predicted molar refractivity (Wildman–Crippen MR) is 120 cm³/mol. The Bertz CT molecular complexity index is 991. The van der Waals surface area contributed by atoms with Crippen LogP contribution in [0.5, 0.6) is 0 Å². The number of piperidine rings is 1. The van der Waals surface area contributed by atoms with Crippen molar-refractivity contribution in [2.75, 3.05) is 18.4 Å². The van der Waals surface area contributed by atoms with Crippen molar-refractivity contribution in [2.24, 2.45) is 5.16 Å². The van der Waals surface area contributed by atoms with Crippen LogP contribution in [0.2, 0.25) is 5.02 Å². The lowest BCUT2D eigenvalue weighted by Gasteiger charge is -2.38. The summed E-state index contributed by atoms with van der Waals surface area (Å²) in [6.07, 6.45) is 1.91. The van der Waals surface area contributed by atoms with E-state index in [0.717, 1.165) is 18.4 Å². The molecule has 2 N–H and O–H groups in total. The van der Waals surface area contributed by atoms with Gasteiger partial charge in [0.2, 0.25) is 0 Å². The molecule has 0 unspecified atom stereocenters. The minimum absolute atomic E-state index is 0.206. The molecule has 1 spiro atoms. The Morgan fingerprint density at radius 2 is 1.90 bits per heavy atom. The number of rotatable bonds is 4. The lowest BCUT2D eigenvalue weighted by atomic mass is 9.88. The Morgan fingerprint density at radius 3 is 2.65 bits per heavy atom. The van der Waals surface area contributed by atoms with Crippen molar-refractivity contribution in [3.63, 3.8) is 0 Å². The highest BCUT2D eigenvalue weighted by Crippen LogP contribution is 2.33. The number of benzene rings is 2. The standard InChI is InChI=1S/C23H25ClN4O3/c1-16-3-5-17(6-4-16)14-25-21(29)20-13-23(31-27-20)11-2-12-28(15-23)22(30)26-19-9-7-18(24)8-10-19/h3-10H,2,11-15H2,1H3,(H,25,29)(H,26,30)/t23-/m1/s1. The predicted octanol–water partition coefficient (Wildman–Crippen LogP) is 4.11. The van der Waals surface area contributed by atoms with E-state index < -0.39 is 5.60 Å². The van der Waals surface area contributed by atoms with Gasteiger partial charge in [0.05, 0.1) is 6.54 Å². The van der Waals surface area contributed by atoms with Crippen molar-refractivity contribution in [3.05, 3.63) is 64.7 Å². The van der Waals surface area contributed by atoms with E-state index in [1.807, 2.05) is 31.2 Å². The van der Waals surface area contributed by atoms with Gasteiger partial charge in [-0.15, -0.1) is 0 Å². The third-order valence-corrected chi connectivity index (χ3v) is 5.85. The van der Waals surface area contributed by atoms with Crippen molar-refractivity contribution in [1.82, 2.24) is 10.2 Å². The number of carbonyl (C=O) groups excluding carboxylic acids is 2. The Balaban J connectivity index is 1.31. The molecule has 3 amide bonds. The summed E-state index contributed by atoms with van der Waals surface area (Å²) in [5, 5.41) is 10.4. The van der Waals surface area contributed by atoms with Crippen LogP contribution in [0, 0.1) is 6.92 Å². The number of carbonyl (C=O) groups is 2. The average Bonchev–Trinajstić information content (AvgIpc) is 3.18. The van der Waals surface area contributed by atoms with Crippen LogP contribution in [0.15, 0.2) is 53.7 Å². The molecule has 0 aromatic heterocycles. The quantitative estimate of drug-likeness (QED) is 0.750. The van der Waals surface area contributed by atoms with E-state index in [0.29, 0.717) is 42.5 Å². The molecular weight excluding hydrogens is 416 g/mol. The minimum atomic E-state index is -0.647. The topological polar surface area (TPSA) is 83.0 Å². The molecule has 8 heteroatoms. The molecule has 4 rings (SSSR count). The molecule has 2 aromatic rings. The van der Waals surface area contributed by atoms with E-state index in [-0.39, 0.29) is 11.9 Å². The molecular formula is C23H25ClN4O3. The first kappa shape index (κ1) is 21.2. The zero-order valence-corrected chi connectivity index (χ0v) is 18.1. The van der Waals surface area contributed by atoms with Crippen LogP contribution >= 0.6 is 11.6 Å². The van der Waals surface area contributed by atoms with Crippen LogP contribution in [0.4, 0.5) is 10.5 Å². The number of hydrogen-bond donors (Lipinski definition) is 2. The molecule has 2 aromatic carbocycles. The van der Waals surface area contributed by atoms with Crippen LogP contribution in [-0.4, -0.2) is 41.2 Å². The van der Waals surface area contributed by atoms with Gasteiger partial charge in [-0.3, -0.25) is 4.79 Å². The first-order valence-electron chi connectivity index (χ1n) is 10.3. The molecule has 1 fully saturated rings. The summed E-state index contributed by atoms with van der Waals surface area (Å²) >= 11 is 5.90. The molecule has 162 valence electrons. The first-order chi connectivity index (χ1) is 14.9. The number of likely N-dealkylation sites (tertiary alicyclic amines) is 1. The van der Waals surface area contributed by atoms with Gasteiger partial charge in [0.15, 0.2) is 5.60 Å². The second-order valence-electron chi connectivity index (χ2n) is 8.12. The number of anilines is 1. The summed E-state index contributed by atoms with van der Waals surface area (Å²) in [6.45, 7) is 3.46. The van der Waals surface area contributed by atoms with E-state index in [9.17, 15) is 9.59 Å². The maximum atomic E-state index is 12.7. The van der Waals surface area contributed by atoms with Gasteiger partial charge in [0, 0.05) is 30.2 Å². The molecule has 2 heterocycles. The number of nitrogens with one attached hydrogen (secondary N) is 2. The third kappa shape index (κ3) is 5.17. The van der Waals surface area contributed by atoms with E-state index in [2.05, 4.69) is 15.8 Å². The molecule has 0 radical (unpaired) electrons. The number of oxime groups is 1.